The highest BCUT2D eigenvalue weighted by Gasteiger charge is 2.23. The standard InChI is InChI=1S/C16H27NO3/c1-4-10-17-16(3,12-18)13-20-15-8-6-14(7-9-15)19-11-5-2/h6-9,17-18H,4-5,10-13H2,1-3H3. The molecule has 1 unspecified atom stereocenters. The summed E-state index contributed by atoms with van der Waals surface area (Å²) in [6.07, 6.45) is 2.02. The van der Waals surface area contributed by atoms with Crippen molar-refractivity contribution >= 4 is 0 Å². The Kier molecular flexibility index (Phi) is 7.41. The molecule has 0 heterocycles. The number of nitrogens with one attached hydrogen (secondary N) is 1. The number of ether oxygens (including phenoxy) is 2. The van der Waals surface area contributed by atoms with Crippen molar-refractivity contribution in [3.05, 3.63) is 24.3 Å². The van der Waals surface area contributed by atoms with E-state index in [1.54, 1.807) is 0 Å². The molecule has 1 aromatic rings. The molecular formula is C16H27NO3. The molecule has 20 heavy (non-hydrogen) atoms. The summed E-state index contributed by atoms with van der Waals surface area (Å²) in [5.41, 5.74) is -0.409. The number of aliphatic hydroxyl groups is 1. The van der Waals surface area contributed by atoms with Crippen LogP contribution in [0.3, 0.4) is 0 Å². The Morgan fingerprint density at radius 1 is 1.05 bits per heavy atom. The average molecular weight is 281 g/mol. The Morgan fingerprint density at radius 2 is 1.65 bits per heavy atom. The molecule has 0 fully saturated rings. The van der Waals surface area contributed by atoms with Crippen LogP contribution >= 0.6 is 0 Å². The predicted molar refractivity (Wildman–Crippen MR) is 81.5 cm³/mol. The first kappa shape index (κ1) is 16.8. The molecule has 1 atom stereocenters. The smallest absolute Gasteiger partial charge is 0.119 e. The van der Waals surface area contributed by atoms with Gasteiger partial charge in [-0.1, -0.05) is 13.8 Å². The zero-order chi connectivity index (χ0) is 14.8. The van der Waals surface area contributed by atoms with E-state index in [0.717, 1.165) is 37.5 Å². The van der Waals surface area contributed by atoms with Crippen molar-refractivity contribution < 1.29 is 14.6 Å². The van der Waals surface area contributed by atoms with Gasteiger partial charge in [-0.05, 0) is 50.6 Å². The molecule has 0 aliphatic rings. The van der Waals surface area contributed by atoms with Gasteiger partial charge in [-0.25, -0.2) is 0 Å². The Hall–Kier alpha value is -1.26. The van der Waals surface area contributed by atoms with E-state index in [0.29, 0.717) is 6.61 Å². The van der Waals surface area contributed by atoms with Crippen LogP contribution in [0.5, 0.6) is 11.5 Å². The lowest BCUT2D eigenvalue weighted by atomic mass is 10.1. The van der Waals surface area contributed by atoms with Gasteiger partial charge in [0.05, 0.1) is 18.8 Å². The summed E-state index contributed by atoms with van der Waals surface area (Å²) >= 11 is 0. The third kappa shape index (κ3) is 5.80. The molecule has 0 aliphatic heterocycles. The molecule has 0 amide bonds. The predicted octanol–water partition coefficient (Wildman–Crippen LogP) is 2.60. The topological polar surface area (TPSA) is 50.7 Å². The molecule has 0 radical (unpaired) electrons. The minimum Gasteiger partial charge on any atom is -0.494 e. The van der Waals surface area contributed by atoms with E-state index in [2.05, 4.69) is 19.2 Å². The molecular weight excluding hydrogens is 254 g/mol. The van der Waals surface area contributed by atoms with Crippen LogP contribution < -0.4 is 14.8 Å². The van der Waals surface area contributed by atoms with E-state index in [-0.39, 0.29) is 6.61 Å². The third-order valence-corrected chi connectivity index (χ3v) is 3.00. The van der Waals surface area contributed by atoms with Crippen LogP contribution in [0.1, 0.15) is 33.6 Å². The van der Waals surface area contributed by atoms with Gasteiger partial charge in [0.1, 0.15) is 18.1 Å². The summed E-state index contributed by atoms with van der Waals surface area (Å²) < 4.78 is 11.3. The Bertz CT molecular complexity index is 366. The first-order valence-corrected chi connectivity index (χ1v) is 7.35. The zero-order valence-electron chi connectivity index (χ0n) is 12.8. The molecule has 1 rings (SSSR count). The number of benzene rings is 1. The second-order valence-electron chi connectivity index (χ2n) is 5.25. The Morgan fingerprint density at radius 3 is 2.15 bits per heavy atom. The van der Waals surface area contributed by atoms with Crippen LogP contribution in [0.15, 0.2) is 24.3 Å². The van der Waals surface area contributed by atoms with Gasteiger partial charge in [0, 0.05) is 0 Å². The van der Waals surface area contributed by atoms with Gasteiger partial charge in [0.2, 0.25) is 0 Å². The Balaban J connectivity index is 2.47. The first-order chi connectivity index (χ1) is 9.63. The molecule has 2 N–H and O–H groups in total. The minimum absolute atomic E-state index is 0.0463. The Labute approximate surface area is 122 Å². The molecule has 0 aromatic heterocycles. The fourth-order valence-corrected chi connectivity index (χ4v) is 1.67. The van der Waals surface area contributed by atoms with Crippen LogP contribution in [-0.4, -0.2) is 37.0 Å². The number of hydrogen-bond acceptors (Lipinski definition) is 4. The summed E-state index contributed by atoms with van der Waals surface area (Å²) in [7, 11) is 0. The molecule has 4 heteroatoms. The highest BCUT2D eigenvalue weighted by molar-refractivity contribution is 5.31. The highest BCUT2D eigenvalue weighted by Crippen LogP contribution is 2.19. The lowest BCUT2D eigenvalue weighted by Crippen LogP contribution is -2.50. The van der Waals surface area contributed by atoms with E-state index >= 15 is 0 Å². The number of rotatable bonds is 10. The monoisotopic (exact) mass is 281 g/mol. The summed E-state index contributed by atoms with van der Waals surface area (Å²) in [4.78, 5) is 0. The third-order valence-electron chi connectivity index (χ3n) is 3.00. The van der Waals surface area contributed by atoms with Crippen LogP contribution in [0, 0.1) is 0 Å². The maximum Gasteiger partial charge on any atom is 0.119 e. The van der Waals surface area contributed by atoms with E-state index < -0.39 is 5.54 Å². The van der Waals surface area contributed by atoms with Gasteiger partial charge < -0.3 is 19.9 Å². The van der Waals surface area contributed by atoms with Gasteiger partial charge in [0.15, 0.2) is 0 Å². The summed E-state index contributed by atoms with van der Waals surface area (Å²) in [5, 5.41) is 12.8. The highest BCUT2D eigenvalue weighted by atomic mass is 16.5. The van der Waals surface area contributed by atoms with Crippen LogP contribution in [0.25, 0.3) is 0 Å². The van der Waals surface area contributed by atoms with Crippen molar-refractivity contribution in [1.29, 1.82) is 0 Å². The van der Waals surface area contributed by atoms with Crippen molar-refractivity contribution in [2.75, 3.05) is 26.4 Å². The average Bonchev–Trinajstić information content (AvgIpc) is 2.50. The largest absolute Gasteiger partial charge is 0.494 e. The van der Waals surface area contributed by atoms with Gasteiger partial charge in [0.25, 0.3) is 0 Å². The molecule has 0 spiro atoms. The van der Waals surface area contributed by atoms with Crippen LogP contribution in [-0.2, 0) is 0 Å². The molecule has 1 aromatic carbocycles. The van der Waals surface area contributed by atoms with Crippen LogP contribution in [0.2, 0.25) is 0 Å². The summed E-state index contributed by atoms with van der Waals surface area (Å²) in [6.45, 7) is 8.20. The minimum atomic E-state index is -0.409. The molecule has 114 valence electrons. The fraction of sp³-hybridized carbons (Fsp3) is 0.625. The maximum atomic E-state index is 9.47. The van der Waals surface area contributed by atoms with Gasteiger partial charge in [-0.15, -0.1) is 0 Å². The van der Waals surface area contributed by atoms with Crippen molar-refractivity contribution in [1.82, 2.24) is 5.32 Å². The molecule has 4 nitrogen and oxygen atoms in total. The van der Waals surface area contributed by atoms with Crippen molar-refractivity contribution in [2.45, 2.75) is 39.2 Å². The van der Waals surface area contributed by atoms with Crippen LogP contribution in [0.4, 0.5) is 0 Å². The fourth-order valence-electron chi connectivity index (χ4n) is 1.67. The van der Waals surface area contributed by atoms with Crippen molar-refractivity contribution in [3.63, 3.8) is 0 Å². The van der Waals surface area contributed by atoms with Gasteiger partial charge in [-0.2, -0.15) is 0 Å². The number of aliphatic hydroxyl groups excluding tert-OH is 1. The normalized spacial score (nSPS) is 13.8. The van der Waals surface area contributed by atoms with Gasteiger partial charge >= 0.3 is 0 Å². The second-order valence-corrected chi connectivity index (χ2v) is 5.25. The quantitative estimate of drug-likeness (QED) is 0.692. The molecule has 0 saturated heterocycles. The lowest BCUT2D eigenvalue weighted by Gasteiger charge is -2.28. The zero-order valence-corrected chi connectivity index (χ0v) is 12.8. The number of hydrogen-bond donors (Lipinski definition) is 2. The van der Waals surface area contributed by atoms with Gasteiger partial charge in [-0.3, -0.25) is 0 Å². The first-order valence-electron chi connectivity index (χ1n) is 7.35. The summed E-state index contributed by atoms with van der Waals surface area (Å²) in [6, 6.07) is 7.59. The molecule has 0 bridgehead atoms. The lowest BCUT2D eigenvalue weighted by molar-refractivity contribution is 0.116. The van der Waals surface area contributed by atoms with E-state index in [4.69, 9.17) is 9.47 Å². The second kappa shape index (κ2) is 8.82. The molecule has 0 aliphatic carbocycles. The van der Waals surface area contributed by atoms with Crippen molar-refractivity contribution in [2.24, 2.45) is 0 Å². The van der Waals surface area contributed by atoms with E-state index in [9.17, 15) is 5.11 Å². The SMILES string of the molecule is CCCNC(C)(CO)COc1ccc(OCCC)cc1. The molecule has 0 saturated carbocycles. The van der Waals surface area contributed by atoms with Crippen molar-refractivity contribution in [3.8, 4) is 11.5 Å². The van der Waals surface area contributed by atoms with E-state index in [1.165, 1.54) is 0 Å². The summed E-state index contributed by atoms with van der Waals surface area (Å²) in [5.74, 6) is 1.64. The maximum absolute atomic E-state index is 9.47. The van der Waals surface area contributed by atoms with E-state index in [1.807, 2.05) is 31.2 Å².